The first-order chi connectivity index (χ1) is 7.20. The standard InChI is InChI=1S/C12H13BrN2/c1-9-3-4-12(5-10(9)2)15-7-11(6-13)14-8-15/h3-5,7-8H,6H2,1-2H3. The van der Waals surface area contributed by atoms with Crippen LogP contribution in [0.4, 0.5) is 0 Å². The van der Waals surface area contributed by atoms with Crippen molar-refractivity contribution in [2.45, 2.75) is 19.2 Å². The van der Waals surface area contributed by atoms with E-state index in [1.54, 1.807) is 0 Å². The fraction of sp³-hybridized carbons (Fsp3) is 0.250. The molecule has 0 aliphatic rings. The lowest BCUT2D eigenvalue weighted by atomic mass is 10.1. The fourth-order valence-electron chi connectivity index (χ4n) is 1.46. The Kier molecular flexibility index (Phi) is 2.91. The highest BCUT2D eigenvalue weighted by Gasteiger charge is 2.00. The number of nitrogens with zero attached hydrogens (tertiary/aromatic N) is 2. The van der Waals surface area contributed by atoms with E-state index in [-0.39, 0.29) is 0 Å². The third-order valence-electron chi connectivity index (χ3n) is 2.56. The first-order valence-corrected chi connectivity index (χ1v) is 5.99. The van der Waals surface area contributed by atoms with Gasteiger partial charge in [-0.2, -0.15) is 0 Å². The molecule has 0 N–H and O–H groups in total. The molecule has 0 saturated heterocycles. The molecular formula is C12H13BrN2. The maximum atomic E-state index is 4.28. The van der Waals surface area contributed by atoms with E-state index >= 15 is 0 Å². The fourth-order valence-corrected chi connectivity index (χ4v) is 1.75. The molecule has 0 radical (unpaired) electrons. The molecule has 0 spiro atoms. The lowest BCUT2D eigenvalue weighted by molar-refractivity contribution is 1.05. The lowest BCUT2D eigenvalue weighted by Crippen LogP contribution is -1.91. The number of imidazole rings is 1. The summed E-state index contributed by atoms with van der Waals surface area (Å²) in [4.78, 5) is 4.28. The van der Waals surface area contributed by atoms with Crippen LogP contribution in [0.1, 0.15) is 16.8 Å². The summed E-state index contributed by atoms with van der Waals surface area (Å²) in [6, 6.07) is 6.43. The molecule has 3 heteroatoms. The SMILES string of the molecule is Cc1ccc(-n2cnc(CBr)c2)cc1C. The lowest BCUT2D eigenvalue weighted by Gasteiger charge is -2.05. The van der Waals surface area contributed by atoms with Gasteiger partial charge in [0.1, 0.15) is 0 Å². The van der Waals surface area contributed by atoms with Gasteiger partial charge in [-0.05, 0) is 37.1 Å². The molecule has 2 rings (SSSR count). The summed E-state index contributed by atoms with van der Waals surface area (Å²) in [5.74, 6) is 0. The second-order valence-corrected chi connectivity index (χ2v) is 4.24. The molecule has 2 nitrogen and oxygen atoms in total. The maximum absolute atomic E-state index is 4.28. The van der Waals surface area contributed by atoms with Crippen LogP contribution < -0.4 is 0 Å². The monoisotopic (exact) mass is 264 g/mol. The number of aryl methyl sites for hydroxylation is 2. The van der Waals surface area contributed by atoms with Crippen LogP contribution >= 0.6 is 15.9 Å². The van der Waals surface area contributed by atoms with Gasteiger partial charge in [-0.15, -0.1) is 0 Å². The van der Waals surface area contributed by atoms with E-state index in [4.69, 9.17) is 0 Å². The molecule has 1 aromatic carbocycles. The zero-order valence-electron chi connectivity index (χ0n) is 8.87. The van der Waals surface area contributed by atoms with E-state index in [0.29, 0.717) is 0 Å². The molecule has 78 valence electrons. The van der Waals surface area contributed by atoms with Crippen molar-refractivity contribution < 1.29 is 0 Å². The number of rotatable bonds is 2. The van der Waals surface area contributed by atoms with Crippen molar-refractivity contribution >= 4 is 15.9 Å². The van der Waals surface area contributed by atoms with Crippen molar-refractivity contribution in [2.75, 3.05) is 0 Å². The molecule has 15 heavy (non-hydrogen) atoms. The summed E-state index contributed by atoms with van der Waals surface area (Å²) in [6.07, 6.45) is 3.89. The Morgan fingerprint density at radius 2 is 2.07 bits per heavy atom. The average Bonchev–Trinajstić information content (AvgIpc) is 2.70. The number of hydrogen-bond acceptors (Lipinski definition) is 1. The van der Waals surface area contributed by atoms with Crippen molar-refractivity contribution in [1.29, 1.82) is 0 Å². The molecule has 0 fully saturated rings. The van der Waals surface area contributed by atoms with Crippen molar-refractivity contribution in [3.8, 4) is 5.69 Å². The van der Waals surface area contributed by atoms with E-state index in [0.717, 1.165) is 16.7 Å². The van der Waals surface area contributed by atoms with Gasteiger partial charge in [0.15, 0.2) is 0 Å². The van der Waals surface area contributed by atoms with Crippen LogP contribution in [0.5, 0.6) is 0 Å². The Balaban J connectivity index is 2.40. The van der Waals surface area contributed by atoms with Crippen LogP contribution in [-0.4, -0.2) is 9.55 Å². The second-order valence-electron chi connectivity index (χ2n) is 3.67. The van der Waals surface area contributed by atoms with E-state index in [2.05, 4.69) is 53.0 Å². The van der Waals surface area contributed by atoms with E-state index in [1.807, 2.05) is 17.1 Å². The topological polar surface area (TPSA) is 17.8 Å². The zero-order valence-corrected chi connectivity index (χ0v) is 10.5. The number of halogens is 1. The van der Waals surface area contributed by atoms with Crippen molar-refractivity contribution in [1.82, 2.24) is 9.55 Å². The summed E-state index contributed by atoms with van der Waals surface area (Å²) in [5.41, 5.74) is 4.84. The molecule has 1 heterocycles. The molecule has 0 aliphatic heterocycles. The normalized spacial score (nSPS) is 10.6. The molecule has 0 amide bonds. The van der Waals surface area contributed by atoms with Gasteiger partial charge in [0.05, 0.1) is 12.0 Å². The van der Waals surface area contributed by atoms with E-state index in [1.165, 1.54) is 11.1 Å². The molecule has 0 atom stereocenters. The number of alkyl halides is 1. The summed E-state index contributed by atoms with van der Waals surface area (Å²) < 4.78 is 2.04. The zero-order chi connectivity index (χ0) is 10.8. The predicted molar refractivity (Wildman–Crippen MR) is 65.7 cm³/mol. The average molecular weight is 265 g/mol. The number of hydrogen-bond donors (Lipinski definition) is 0. The summed E-state index contributed by atoms with van der Waals surface area (Å²) >= 11 is 3.39. The van der Waals surface area contributed by atoms with Gasteiger partial charge in [0.25, 0.3) is 0 Å². The van der Waals surface area contributed by atoms with Gasteiger partial charge in [-0.25, -0.2) is 4.98 Å². The van der Waals surface area contributed by atoms with Crippen molar-refractivity contribution in [2.24, 2.45) is 0 Å². The van der Waals surface area contributed by atoms with Gasteiger partial charge >= 0.3 is 0 Å². The van der Waals surface area contributed by atoms with Crippen LogP contribution in [0.15, 0.2) is 30.7 Å². The molecule has 1 aromatic heterocycles. The van der Waals surface area contributed by atoms with Crippen molar-refractivity contribution in [3.63, 3.8) is 0 Å². The highest BCUT2D eigenvalue weighted by molar-refractivity contribution is 9.08. The van der Waals surface area contributed by atoms with Crippen LogP contribution in [-0.2, 0) is 5.33 Å². The van der Waals surface area contributed by atoms with Gasteiger partial charge in [0, 0.05) is 17.2 Å². The Labute approximate surface area is 98.1 Å². The Morgan fingerprint density at radius 1 is 1.27 bits per heavy atom. The molecule has 2 aromatic rings. The minimum Gasteiger partial charge on any atom is -0.306 e. The molecule has 0 unspecified atom stereocenters. The van der Waals surface area contributed by atoms with E-state index in [9.17, 15) is 0 Å². The second kappa shape index (κ2) is 4.19. The summed E-state index contributed by atoms with van der Waals surface area (Å²) in [6.45, 7) is 4.25. The smallest absolute Gasteiger partial charge is 0.0995 e. The first-order valence-electron chi connectivity index (χ1n) is 4.87. The third kappa shape index (κ3) is 2.12. The van der Waals surface area contributed by atoms with Gasteiger partial charge < -0.3 is 4.57 Å². The quantitative estimate of drug-likeness (QED) is 0.761. The van der Waals surface area contributed by atoms with Crippen LogP contribution in [0.3, 0.4) is 0 Å². The number of aromatic nitrogens is 2. The van der Waals surface area contributed by atoms with Crippen LogP contribution in [0.2, 0.25) is 0 Å². The molecule has 0 saturated carbocycles. The highest BCUT2D eigenvalue weighted by Crippen LogP contribution is 2.14. The Bertz CT molecular complexity index is 474. The van der Waals surface area contributed by atoms with Crippen molar-refractivity contribution in [3.05, 3.63) is 47.5 Å². The van der Waals surface area contributed by atoms with Gasteiger partial charge in [-0.1, -0.05) is 22.0 Å². The Hall–Kier alpha value is -1.09. The summed E-state index contributed by atoms with van der Waals surface area (Å²) in [7, 11) is 0. The van der Waals surface area contributed by atoms with Crippen LogP contribution in [0, 0.1) is 13.8 Å². The first kappa shape index (κ1) is 10.4. The van der Waals surface area contributed by atoms with Crippen LogP contribution in [0.25, 0.3) is 5.69 Å². The predicted octanol–water partition coefficient (Wildman–Crippen LogP) is 3.38. The molecular weight excluding hydrogens is 252 g/mol. The minimum absolute atomic E-state index is 0.796. The summed E-state index contributed by atoms with van der Waals surface area (Å²) in [5, 5.41) is 0.796. The molecule has 0 aliphatic carbocycles. The molecule has 0 bridgehead atoms. The number of benzene rings is 1. The highest BCUT2D eigenvalue weighted by atomic mass is 79.9. The Morgan fingerprint density at radius 3 is 2.67 bits per heavy atom. The van der Waals surface area contributed by atoms with Gasteiger partial charge in [0.2, 0.25) is 0 Å². The van der Waals surface area contributed by atoms with Gasteiger partial charge in [-0.3, -0.25) is 0 Å². The maximum Gasteiger partial charge on any atom is 0.0995 e. The third-order valence-corrected chi connectivity index (χ3v) is 3.14. The minimum atomic E-state index is 0.796. The largest absolute Gasteiger partial charge is 0.306 e. The van der Waals surface area contributed by atoms with E-state index < -0.39 is 0 Å².